The van der Waals surface area contributed by atoms with Gasteiger partial charge >= 0.3 is 5.97 Å². The van der Waals surface area contributed by atoms with E-state index in [9.17, 15) is 9.90 Å². The molecule has 6 heteroatoms. The number of benzene rings is 1. The lowest BCUT2D eigenvalue weighted by atomic mass is 9.98. The number of esters is 1. The third kappa shape index (κ3) is 2.87. The molecule has 0 aromatic heterocycles. The average molecular weight is 381 g/mol. The minimum absolute atomic E-state index is 0.118. The number of carbonyl (C=O) groups excluding carboxylic acids is 1. The molecule has 0 aliphatic carbocycles. The van der Waals surface area contributed by atoms with E-state index in [0.717, 1.165) is 15.6 Å². The number of phenols is 1. The van der Waals surface area contributed by atoms with Crippen LogP contribution in [0.25, 0.3) is 0 Å². The molecule has 4 nitrogen and oxygen atoms in total. The molecule has 1 atom stereocenters. The maximum atomic E-state index is 11.3. The summed E-state index contributed by atoms with van der Waals surface area (Å²) in [5.74, 6) is -0.380. The van der Waals surface area contributed by atoms with E-state index in [1.54, 1.807) is 0 Å². The van der Waals surface area contributed by atoms with Crippen molar-refractivity contribution in [2.24, 2.45) is 5.73 Å². The van der Waals surface area contributed by atoms with Crippen molar-refractivity contribution >= 4 is 37.8 Å². The Labute approximate surface area is 123 Å². The summed E-state index contributed by atoms with van der Waals surface area (Å²) in [6.45, 7) is 3.74. The Morgan fingerprint density at radius 3 is 2.39 bits per heavy atom. The third-order valence-corrected chi connectivity index (χ3v) is 5.02. The predicted octanol–water partition coefficient (Wildman–Crippen LogP) is 2.58. The standard InChI is InChI=1S/C12H15Br2NO3/c1-5-7(4-8(15)12(17)18-3)11(16)10(14)6(2)9(5)13/h8,16H,4,15H2,1-3H3. The van der Waals surface area contributed by atoms with Crippen LogP contribution in [0.1, 0.15) is 16.7 Å². The van der Waals surface area contributed by atoms with Gasteiger partial charge < -0.3 is 15.6 Å². The number of hydrogen-bond acceptors (Lipinski definition) is 4. The monoisotopic (exact) mass is 379 g/mol. The molecule has 0 saturated carbocycles. The highest BCUT2D eigenvalue weighted by Gasteiger charge is 2.22. The van der Waals surface area contributed by atoms with E-state index in [1.807, 2.05) is 13.8 Å². The summed E-state index contributed by atoms with van der Waals surface area (Å²) in [5.41, 5.74) is 8.13. The maximum absolute atomic E-state index is 11.3. The molecule has 0 aliphatic heterocycles. The van der Waals surface area contributed by atoms with Gasteiger partial charge in [-0.15, -0.1) is 0 Å². The van der Waals surface area contributed by atoms with Crippen LogP contribution in [0.2, 0.25) is 0 Å². The lowest BCUT2D eigenvalue weighted by Crippen LogP contribution is -2.34. The fourth-order valence-electron chi connectivity index (χ4n) is 1.70. The summed E-state index contributed by atoms with van der Waals surface area (Å²) in [5, 5.41) is 10.1. The number of ether oxygens (including phenoxy) is 1. The highest BCUT2D eigenvalue weighted by molar-refractivity contribution is 9.11. The van der Waals surface area contributed by atoms with Gasteiger partial charge in [0, 0.05) is 16.5 Å². The zero-order valence-corrected chi connectivity index (χ0v) is 13.6. The summed E-state index contributed by atoms with van der Waals surface area (Å²) < 4.78 is 6.07. The summed E-state index contributed by atoms with van der Waals surface area (Å²) >= 11 is 6.78. The van der Waals surface area contributed by atoms with Gasteiger partial charge in [0.05, 0.1) is 11.6 Å². The topological polar surface area (TPSA) is 72.5 Å². The molecule has 18 heavy (non-hydrogen) atoms. The number of nitrogens with two attached hydrogens (primary N) is 1. The number of halogens is 2. The molecule has 0 amide bonds. The molecule has 100 valence electrons. The van der Waals surface area contributed by atoms with Gasteiger partial charge in [-0.05, 0) is 40.9 Å². The molecular weight excluding hydrogens is 366 g/mol. The number of aromatic hydroxyl groups is 1. The Bertz CT molecular complexity index is 460. The highest BCUT2D eigenvalue weighted by Crippen LogP contribution is 2.39. The number of phenolic OH excluding ortho intramolecular Hbond substituents is 1. The van der Waals surface area contributed by atoms with Gasteiger partial charge in [-0.2, -0.15) is 0 Å². The van der Waals surface area contributed by atoms with E-state index in [0.29, 0.717) is 10.0 Å². The van der Waals surface area contributed by atoms with Crippen molar-refractivity contribution in [1.82, 2.24) is 0 Å². The first-order chi connectivity index (χ1) is 8.31. The Kier molecular flexibility index (Phi) is 5.19. The van der Waals surface area contributed by atoms with E-state index in [2.05, 4.69) is 36.6 Å². The summed E-state index contributed by atoms with van der Waals surface area (Å²) in [4.78, 5) is 11.3. The van der Waals surface area contributed by atoms with Crippen LogP contribution in [0, 0.1) is 13.8 Å². The van der Waals surface area contributed by atoms with E-state index in [1.165, 1.54) is 7.11 Å². The molecule has 0 heterocycles. The summed E-state index contributed by atoms with van der Waals surface area (Å²) in [6, 6.07) is -0.791. The Balaban J connectivity index is 3.22. The number of hydrogen-bond donors (Lipinski definition) is 2. The van der Waals surface area contributed by atoms with Crippen molar-refractivity contribution in [3.05, 3.63) is 25.6 Å². The molecule has 0 saturated heterocycles. The van der Waals surface area contributed by atoms with Crippen LogP contribution in [-0.4, -0.2) is 24.2 Å². The molecule has 1 aromatic rings. The van der Waals surface area contributed by atoms with Crippen LogP contribution in [0.3, 0.4) is 0 Å². The second kappa shape index (κ2) is 6.04. The van der Waals surface area contributed by atoms with Gasteiger partial charge in [0.1, 0.15) is 11.8 Å². The normalized spacial score (nSPS) is 12.3. The van der Waals surface area contributed by atoms with Crippen LogP contribution >= 0.6 is 31.9 Å². The lowest BCUT2D eigenvalue weighted by Gasteiger charge is -2.17. The smallest absolute Gasteiger partial charge is 0.322 e. The van der Waals surface area contributed by atoms with Gasteiger partial charge in [0.15, 0.2) is 0 Å². The second-order valence-corrected chi connectivity index (χ2v) is 5.62. The first-order valence-electron chi connectivity index (χ1n) is 5.30. The molecule has 3 N–H and O–H groups in total. The number of rotatable bonds is 3. The number of methoxy groups -OCH3 is 1. The van der Waals surface area contributed by atoms with E-state index in [4.69, 9.17) is 5.73 Å². The van der Waals surface area contributed by atoms with Crippen LogP contribution in [0.15, 0.2) is 8.95 Å². The van der Waals surface area contributed by atoms with Crippen molar-refractivity contribution in [2.45, 2.75) is 26.3 Å². The van der Waals surface area contributed by atoms with Crippen molar-refractivity contribution in [1.29, 1.82) is 0 Å². The van der Waals surface area contributed by atoms with E-state index < -0.39 is 12.0 Å². The van der Waals surface area contributed by atoms with Crippen LogP contribution in [0.4, 0.5) is 0 Å². The summed E-state index contributed by atoms with van der Waals surface area (Å²) in [6.07, 6.45) is 0.224. The first kappa shape index (κ1) is 15.5. The molecule has 0 spiro atoms. The molecule has 0 aliphatic rings. The van der Waals surface area contributed by atoms with Crippen LogP contribution in [0.5, 0.6) is 5.75 Å². The van der Waals surface area contributed by atoms with Crippen molar-refractivity contribution in [3.63, 3.8) is 0 Å². The van der Waals surface area contributed by atoms with Crippen molar-refractivity contribution in [3.8, 4) is 5.75 Å². The van der Waals surface area contributed by atoms with Gasteiger partial charge in [0.2, 0.25) is 0 Å². The van der Waals surface area contributed by atoms with Crippen LogP contribution < -0.4 is 5.73 Å². The Hall–Kier alpha value is -0.590. The molecule has 1 aromatic carbocycles. The van der Waals surface area contributed by atoms with E-state index >= 15 is 0 Å². The van der Waals surface area contributed by atoms with E-state index in [-0.39, 0.29) is 12.2 Å². The fourth-order valence-corrected chi connectivity index (χ4v) is 2.84. The first-order valence-corrected chi connectivity index (χ1v) is 6.89. The largest absolute Gasteiger partial charge is 0.506 e. The summed E-state index contributed by atoms with van der Waals surface area (Å²) in [7, 11) is 1.29. The SMILES string of the molecule is COC(=O)C(N)Cc1c(C)c(Br)c(C)c(Br)c1O. The third-order valence-electron chi connectivity index (χ3n) is 2.86. The van der Waals surface area contributed by atoms with Gasteiger partial charge in [0.25, 0.3) is 0 Å². The molecule has 1 rings (SSSR count). The van der Waals surface area contributed by atoms with Gasteiger partial charge in [-0.3, -0.25) is 4.79 Å². The fraction of sp³-hybridized carbons (Fsp3) is 0.417. The Morgan fingerprint density at radius 1 is 1.33 bits per heavy atom. The van der Waals surface area contributed by atoms with Crippen molar-refractivity contribution < 1.29 is 14.6 Å². The molecular formula is C12H15Br2NO3. The van der Waals surface area contributed by atoms with Gasteiger partial charge in [-0.1, -0.05) is 15.9 Å². The van der Waals surface area contributed by atoms with Crippen LogP contribution in [-0.2, 0) is 16.0 Å². The molecule has 0 bridgehead atoms. The maximum Gasteiger partial charge on any atom is 0.322 e. The molecule has 0 fully saturated rings. The minimum atomic E-state index is -0.791. The molecule has 0 radical (unpaired) electrons. The number of carbonyl (C=O) groups is 1. The minimum Gasteiger partial charge on any atom is -0.506 e. The highest BCUT2D eigenvalue weighted by atomic mass is 79.9. The van der Waals surface area contributed by atoms with Gasteiger partial charge in [-0.25, -0.2) is 0 Å². The predicted molar refractivity (Wildman–Crippen MR) is 76.7 cm³/mol. The average Bonchev–Trinajstić information content (AvgIpc) is 2.37. The zero-order chi connectivity index (χ0) is 14.0. The Morgan fingerprint density at radius 2 is 1.89 bits per heavy atom. The lowest BCUT2D eigenvalue weighted by molar-refractivity contribution is -0.142. The quantitative estimate of drug-likeness (QED) is 0.790. The molecule has 1 unspecified atom stereocenters. The second-order valence-electron chi connectivity index (χ2n) is 4.04. The zero-order valence-electron chi connectivity index (χ0n) is 10.4. The van der Waals surface area contributed by atoms with Crippen molar-refractivity contribution in [2.75, 3.05) is 7.11 Å².